The van der Waals surface area contributed by atoms with Gasteiger partial charge in [0, 0.05) is 30.9 Å². The Kier molecular flexibility index (Phi) is 7.40. The Hall–Kier alpha value is -2.78. The van der Waals surface area contributed by atoms with Crippen molar-refractivity contribution in [2.45, 2.75) is 39.3 Å². The van der Waals surface area contributed by atoms with E-state index in [1.165, 1.54) is 11.7 Å². The summed E-state index contributed by atoms with van der Waals surface area (Å²) in [4.78, 5) is 40.9. The Bertz CT molecular complexity index is 1070. The van der Waals surface area contributed by atoms with E-state index in [0.717, 1.165) is 29.4 Å². The molecule has 2 heterocycles. The number of anilines is 3. The maximum absolute atomic E-state index is 13.2. The minimum Gasteiger partial charge on any atom is -0.383 e. The van der Waals surface area contributed by atoms with E-state index < -0.39 is 23.7 Å². The molecule has 0 unspecified atom stereocenters. The Labute approximate surface area is 185 Å². The van der Waals surface area contributed by atoms with Gasteiger partial charge in [-0.15, -0.1) is 0 Å². The Balaban J connectivity index is 1.98. The van der Waals surface area contributed by atoms with Crippen molar-refractivity contribution in [1.82, 2.24) is 9.13 Å². The summed E-state index contributed by atoms with van der Waals surface area (Å²) in [5.74, 6) is -0.378. The van der Waals surface area contributed by atoms with Crippen LogP contribution in [0.1, 0.15) is 24.8 Å². The monoisotopic (exact) mass is 449 g/mol. The molecule has 2 aromatic rings. The number of nitrogens with two attached hydrogens (primary N) is 1. The number of methoxy groups -OCH3 is 1. The molecule has 3 N–H and O–H groups in total. The van der Waals surface area contributed by atoms with Crippen molar-refractivity contribution in [3.05, 3.63) is 49.6 Å². The predicted octanol–water partition coefficient (Wildman–Crippen LogP) is 1.83. The summed E-state index contributed by atoms with van der Waals surface area (Å²) in [5, 5.41) is 3.29. The van der Waals surface area contributed by atoms with Gasteiger partial charge >= 0.3 is 5.69 Å². The van der Waals surface area contributed by atoms with Crippen LogP contribution in [0.15, 0.2) is 27.8 Å². The third-order valence-electron chi connectivity index (χ3n) is 5.40. The highest BCUT2D eigenvalue weighted by Crippen LogP contribution is 2.22. The molecule has 3 rings (SSSR count). The maximum atomic E-state index is 13.2. The third kappa shape index (κ3) is 5.11. The first-order valence-electron chi connectivity index (χ1n) is 10.3. The minimum atomic E-state index is -0.636. The zero-order valence-electron chi connectivity index (χ0n) is 17.8. The SMILES string of the molecule is COCCn1c(N)c(N2CCCCC2)c(=O)n(CC(=O)Nc2ccc(Cl)cc2C)c1=O. The molecule has 0 atom stereocenters. The van der Waals surface area contributed by atoms with Crippen molar-refractivity contribution in [2.75, 3.05) is 42.8 Å². The molecule has 9 nitrogen and oxygen atoms in total. The number of amides is 1. The normalized spacial score (nSPS) is 14.0. The molecular formula is C21H28ClN5O4. The zero-order valence-corrected chi connectivity index (χ0v) is 18.6. The summed E-state index contributed by atoms with van der Waals surface area (Å²) >= 11 is 5.96. The minimum absolute atomic E-state index is 0.110. The number of aromatic nitrogens is 2. The van der Waals surface area contributed by atoms with Gasteiger partial charge in [0.15, 0.2) is 0 Å². The molecule has 168 valence electrons. The van der Waals surface area contributed by atoms with Gasteiger partial charge in [0.25, 0.3) is 5.56 Å². The van der Waals surface area contributed by atoms with E-state index in [1.807, 2.05) is 11.8 Å². The van der Waals surface area contributed by atoms with Crippen LogP contribution >= 0.6 is 11.6 Å². The fourth-order valence-corrected chi connectivity index (χ4v) is 3.98. The highest BCUT2D eigenvalue weighted by molar-refractivity contribution is 6.30. The number of benzene rings is 1. The second-order valence-electron chi connectivity index (χ2n) is 7.61. The van der Waals surface area contributed by atoms with Crippen molar-refractivity contribution in [3.8, 4) is 0 Å². The molecule has 1 amide bonds. The van der Waals surface area contributed by atoms with Crippen LogP contribution in [-0.4, -0.2) is 41.8 Å². The Morgan fingerprint density at radius 2 is 1.90 bits per heavy atom. The average Bonchev–Trinajstić information content (AvgIpc) is 2.74. The highest BCUT2D eigenvalue weighted by atomic mass is 35.5. The van der Waals surface area contributed by atoms with Crippen LogP contribution in [0.25, 0.3) is 0 Å². The lowest BCUT2D eigenvalue weighted by Crippen LogP contribution is -2.47. The van der Waals surface area contributed by atoms with Crippen LogP contribution in [0.2, 0.25) is 5.02 Å². The van der Waals surface area contributed by atoms with E-state index in [1.54, 1.807) is 18.2 Å². The van der Waals surface area contributed by atoms with Gasteiger partial charge in [-0.05, 0) is 49.9 Å². The second-order valence-corrected chi connectivity index (χ2v) is 8.04. The Morgan fingerprint density at radius 3 is 2.55 bits per heavy atom. The number of nitrogens with one attached hydrogen (secondary N) is 1. The molecule has 31 heavy (non-hydrogen) atoms. The van der Waals surface area contributed by atoms with Gasteiger partial charge in [-0.1, -0.05) is 11.6 Å². The standard InChI is InChI=1S/C21H28ClN5O4/c1-14-12-15(22)6-7-16(14)24-17(28)13-27-20(29)18(25-8-4-3-5-9-25)19(23)26(21(27)30)10-11-31-2/h6-7,12H,3-5,8-11,13,23H2,1-2H3,(H,24,28). The molecule has 0 spiro atoms. The molecule has 1 aliphatic heterocycles. The summed E-state index contributed by atoms with van der Waals surface area (Å²) in [6.45, 7) is 3.17. The molecule has 1 aromatic carbocycles. The van der Waals surface area contributed by atoms with E-state index in [0.29, 0.717) is 23.8 Å². The van der Waals surface area contributed by atoms with Crippen LogP contribution in [0, 0.1) is 6.92 Å². The fourth-order valence-electron chi connectivity index (χ4n) is 3.75. The lowest BCUT2D eigenvalue weighted by Gasteiger charge is -2.30. The largest absolute Gasteiger partial charge is 0.383 e. The third-order valence-corrected chi connectivity index (χ3v) is 5.63. The van der Waals surface area contributed by atoms with Crippen LogP contribution in [0.4, 0.5) is 17.2 Å². The number of hydrogen-bond acceptors (Lipinski definition) is 6. The summed E-state index contributed by atoms with van der Waals surface area (Å²) in [6.07, 6.45) is 2.95. The van der Waals surface area contributed by atoms with Gasteiger partial charge < -0.3 is 20.7 Å². The summed E-state index contributed by atoms with van der Waals surface area (Å²) in [7, 11) is 1.52. The number of aryl methyl sites for hydroxylation is 1. The molecule has 10 heteroatoms. The molecule has 1 saturated heterocycles. The quantitative estimate of drug-likeness (QED) is 0.667. The molecule has 0 radical (unpaired) electrons. The average molecular weight is 450 g/mol. The van der Waals surface area contributed by atoms with E-state index in [2.05, 4.69) is 5.32 Å². The number of piperidine rings is 1. The molecule has 0 saturated carbocycles. The van der Waals surface area contributed by atoms with Gasteiger partial charge in [-0.25, -0.2) is 9.36 Å². The summed E-state index contributed by atoms with van der Waals surface area (Å²) < 4.78 is 7.33. The second kappa shape index (κ2) is 10.0. The zero-order chi connectivity index (χ0) is 22.5. The first kappa shape index (κ1) is 22.9. The van der Waals surface area contributed by atoms with Crippen molar-refractivity contribution in [3.63, 3.8) is 0 Å². The first-order valence-corrected chi connectivity index (χ1v) is 10.6. The number of nitrogens with zero attached hydrogens (tertiary/aromatic N) is 3. The van der Waals surface area contributed by atoms with Crippen molar-refractivity contribution in [2.24, 2.45) is 0 Å². The van der Waals surface area contributed by atoms with Gasteiger partial charge in [0.05, 0.1) is 13.2 Å². The van der Waals surface area contributed by atoms with E-state index >= 15 is 0 Å². The molecule has 1 aromatic heterocycles. The number of ether oxygens (including phenoxy) is 1. The number of rotatable bonds is 7. The summed E-state index contributed by atoms with van der Waals surface area (Å²) in [6, 6.07) is 5.06. The van der Waals surface area contributed by atoms with Crippen molar-refractivity contribution in [1.29, 1.82) is 0 Å². The lowest BCUT2D eigenvalue weighted by molar-refractivity contribution is -0.116. The number of halogens is 1. The van der Waals surface area contributed by atoms with Gasteiger partial charge in [-0.2, -0.15) is 0 Å². The van der Waals surface area contributed by atoms with Gasteiger partial charge in [-0.3, -0.25) is 14.2 Å². The molecular weight excluding hydrogens is 422 g/mol. The van der Waals surface area contributed by atoms with Crippen molar-refractivity contribution < 1.29 is 9.53 Å². The number of carbonyl (C=O) groups excluding carboxylic acids is 1. The fraction of sp³-hybridized carbons (Fsp3) is 0.476. The smallest absolute Gasteiger partial charge is 0.333 e. The van der Waals surface area contributed by atoms with E-state index in [9.17, 15) is 14.4 Å². The van der Waals surface area contributed by atoms with Crippen LogP contribution in [0.3, 0.4) is 0 Å². The van der Waals surface area contributed by atoms with E-state index in [-0.39, 0.29) is 24.7 Å². The van der Waals surface area contributed by atoms with Gasteiger partial charge in [0.2, 0.25) is 5.91 Å². The number of carbonyl (C=O) groups is 1. The molecule has 0 aliphatic carbocycles. The maximum Gasteiger partial charge on any atom is 0.333 e. The Morgan fingerprint density at radius 1 is 1.19 bits per heavy atom. The lowest BCUT2D eigenvalue weighted by atomic mass is 10.1. The summed E-state index contributed by atoms with van der Waals surface area (Å²) in [5.41, 5.74) is 6.67. The van der Waals surface area contributed by atoms with Crippen LogP contribution in [0.5, 0.6) is 0 Å². The van der Waals surface area contributed by atoms with E-state index in [4.69, 9.17) is 22.1 Å². The highest BCUT2D eigenvalue weighted by Gasteiger charge is 2.24. The van der Waals surface area contributed by atoms with Crippen molar-refractivity contribution >= 4 is 34.7 Å². The van der Waals surface area contributed by atoms with Crippen LogP contribution < -0.4 is 27.2 Å². The molecule has 0 bridgehead atoms. The number of hydrogen-bond donors (Lipinski definition) is 2. The topological polar surface area (TPSA) is 112 Å². The van der Waals surface area contributed by atoms with Gasteiger partial charge in [0.1, 0.15) is 18.1 Å². The number of nitrogen functional groups attached to an aromatic ring is 1. The molecule has 1 fully saturated rings. The predicted molar refractivity (Wildman–Crippen MR) is 122 cm³/mol. The first-order chi connectivity index (χ1) is 14.8. The molecule has 1 aliphatic rings. The van der Waals surface area contributed by atoms with Crippen LogP contribution in [-0.2, 0) is 22.6 Å².